The van der Waals surface area contributed by atoms with E-state index in [0.29, 0.717) is 25.3 Å². The van der Waals surface area contributed by atoms with E-state index >= 15 is 0 Å². The molecule has 1 aliphatic rings. The van der Waals surface area contributed by atoms with Crippen LogP contribution >= 0.6 is 0 Å². The third-order valence-corrected chi connectivity index (χ3v) is 3.18. The van der Waals surface area contributed by atoms with Gasteiger partial charge in [0.05, 0.1) is 18.8 Å². The van der Waals surface area contributed by atoms with Gasteiger partial charge in [-0.1, -0.05) is 0 Å². The molecule has 0 saturated carbocycles. The van der Waals surface area contributed by atoms with Crippen LogP contribution < -0.4 is 0 Å². The molecule has 4 nitrogen and oxygen atoms in total. The number of benzene rings is 1. The molecule has 98 valence electrons. The summed E-state index contributed by atoms with van der Waals surface area (Å²) in [6, 6.07) is 4.00. The Hall–Kier alpha value is -1.46. The fourth-order valence-electron chi connectivity index (χ4n) is 2.12. The van der Waals surface area contributed by atoms with E-state index in [0.717, 1.165) is 6.54 Å². The van der Waals surface area contributed by atoms with Crippen LogP contribution in [0, 0.1) is 5.82 Å². The van der Waals surface area contributed by atoms with Crippen LogP contribution in [-0.4, -0.2) is 41.8 Å². The first-order valence-electron chi connectivity index (χ1n) is 5.91. The molecule has 1 N–H and O–H groups in total. The first-order valence-corrected chi connectivity index (χ1v) is 5.91. The average molecular weight is 253 g/mol. The Morgan fingerprint density at radius 3 is 3.06 bits per heavy atom. The SMILES string of the molecule is CC1COCCN1Cc1cc(F)ccc1C(=O)O. The van der Waals surface area contributed by atoms with Crippen LogP contribution in [0.15, 0.2) is 18.2 Å². The number of hydrogen-bond acceptors (Lipinski definition) is 3. The van der Waals surface area contributed by atoms with Crippen molar-refractivity contribution in [1.82, 2.24) is 4.90 Å². The van der Waals surface area contributed by atoms with Crippen LogP contribution in [0.1, 0.15) is 22.8 Å². The first-order chi connectivity index (χ1) is 8.58. The molecule has 0 aliphatic carbocycles. The predicted octanol–water partition coefficient (Wildman–Crippen LogP) is 1.74. The van der Waals surface area contributed by atoms with Crippen molar-refractivity contribution in [2.24, 2.45) is 0 Å². The lowest BCUT2D eigenvalue weighted by atomic mass is 10.1. The van der Waals surface area contributed by atoms with Gasteiger partial charge in [0.2, 0.25) is 0 Å². The Balaban J connectivity index is 2.21. The van der Waals surface area contributed by atoms with Crippen LogP contribution in [0.25, 0.3) is 0 Å². The lowest BCUT2D eigenvalue weighted by Gasteiger charge is -2.33. The summed E-state index contributed by atoms with van der Waals surface area (Å²) in [5.74, 6) is -1.43. The Kier molecular flexibility index (Phi) is 3.93. The van der Waals surface area contributed by atoms with Gasteiger partial charge in [-0.15, -0.1) is 0 Å². The Morgan fingerprint density at radius 1 is 1.61 bits per heavy atom. The highest BCUT2D eigenvalue weighted by atomic mass is 19.1. The summed E-state index contributed by atoms with van der Waals surface area (Å²) in [5, 5.41) is 9.09. The molecule has 1 aromatic carbocycles. The van der Waals surface area contributed by atoms with Gasteiger partial charge in [-0.25, -0.2) is 9.18 Å². The van der Waals surface area contributed by atoms with Gasteiger partial charge in [0.25, 0.3) is 0 Å². The monoisotopic (exact) mass is 253 g/mol. The summed E-state index contributed by atoms with van der Waals surface area (Å²) in [6.45, 7) is 4.43. The average Bonchev–Trinajstić information content (AvgIpc) is 2.32. The molecule has 1 saturated heterocycles. The van der Waals surface area contributed by atoms with E-state index in [2.05, 4.69) is 4.90 Å². The minimum Gasteiger partial charge on any atom is -0.478 e. The van der Waals surface area contributed by atoms with Crippen molar-refractivity contribution in [3.05, 3.63) is 35.1 Å². The quantitative estimate of drug-likeness (QED) is 0.891. The van der Waals surface area contributed by atoms with Crippen molar-refractivity contribution in [2.75, 3.05) is 19.8 Å². The third-order valence-electron chi connectivity index (χ3n) is 3.18. The lowest BCUT2D eigenvalue weighted by molar-refractivity contribution is -0.00454. The van der Waals surface area contributed by atoms with Crippen molar-refractivity contribution >= 4 is 5.97 Å². The van der Waals surface area contributed by atoms with Crippen LogP contribution in [0.2, 0.25) is 0 Å². The standard InChI is InChI=1S/C13H16FNO3/c1-9-8-18-5-4-15(9)7-10-6-11(14)2-3-12(10)13(16)17/h2-3,6,9H,4-5,7-8H2,1H3,(H,16,17). The van der Waals surface area contributed by atoms with Crippen LogP contribution in [0.5, 0.6) is 0 Å². The van der Waals surface area contributed by atoms with Gasteiger partial charge in [0, 0.05) is 19.1 Å². The summed E-state index contributed by atoms with van der Waals surface area (Å²) in [4.78, 5) is 13.2. The van der Waals surface area contributed by atoms with Crippen molar-refractivity contribution < 1.29 is 19.0 Å². The second-order valence-electron chi connectivity index (χ2n) is 4.50. The highest BCUT2D eigenvalue weighted by Gasteiger charge is 2.21. The zero-order chi connectivity index (χ0) is 13.1. The molecule has 2 rings (SSSR count). The second kappa shape index (κ2) is 5.46. The number of carboxylic acids is 1. The first kappa shape index (κ1) is 13.0. The number of morpholine rings is 1. The number of aromatic carboxylic acids is 1. The van der Waals surface area contributed by atoms with Gasteiger partial charge in [-0.3, -0.25) is 4.90 Å². The van der Waals surface area contributed by atoms with E-state index in [4.69, 9.17) is 9.84 Å². The fraction of sp³-hybridized carbons (Fsp3) is 0.462. The second-order valence-corrected chi connectivity index (χ2v) is 4.50. The van der Waals surface area contributed by atoms with Crippen molar-refractivity contribution in [3.63, 3.8) is 0 Å². The molecule has 1 aliphatic heterocycles. The van der Waals surface area contributed by atoms with Gasteiger partial charge in [0.15, 0.2) is 0 Å². The number of rotatable bonds is 3. The number of hydrogen-bond donors (Lipinski definition) is 1. The molecule has 0 amide bonds. The molecular weight excluding hydrogens is 237 g/mol. The molecule has 0 radical (unpaired) electrons. The van der Waals surface area contributed by atoms with Gasteiger partial charge in [-0.05, 0) is 30.7 Å². The van der Waals surface area contributed by atoms with Crippen LogP contribution in [0.4, 0.5) is 4.39 Å². The molecular formula is C13H16FNO3. The maximum atomic E-state index is 13.2. The molecule has 5 heteroatoms. The molecule has 1 unspecified atom stereocenters. The maximum absolute atomic E-state index is 13.2. The van der Waals surface area contributed by atoms with E-state index in [9.17, 15) is 9.18 Å². The molecule has 0 aromatic heterocycles. The van der Waals surface area contributed by atoms with Gasteiger partial charge in [0.1, 0.15) is 5.82 Å². The van der Waals surface area contributed by atoms with E-state index < -0.39 is 11.8 Å². The highest BCUT2D eigenvalue weighted by molar-refractivity contribution is 5.89. The lowest BCUT2D eigenvalue weighted by Crippen LogP contribution is -2.43. The Labute approximate surface area is 105 Å². The maximum Gasteiger partial charge on any atom is 0.336 e. The van der Waals surface area contributed by atoms with Crippen molar-refractivity contribution in [3.8, 4) is 0 Å². The number of carbonyl (C=O) groups is 1. The van der Waals surface area contributed by atoms with Crippen LogP contribution in [-0.2, 0) is 11.3 Å². The number of nitrogens with zero attached hydrogens (tertiary/aromatic N) is 1. The zero-order valence-electron chi connectivity index (χ0n) is 10.2. The fourth-order valence-corrected chi connectivity index (χ4v) is 2.12. The summed E-state index contributed by atoms with van der Waals surface area (Å²) >= 11 is 0. The number of ether oxygens (including phenoxy) is 1. The van der Waals surface area contributed by atoms with Gasteiger partial charge >= 0.3 is 5.97 Å². The van der Waals surface area contributed by atoms with Gasteiger partial charge in [-0.2, -0.15) is 0 Å². The number of carboxylic acid groups (broad SMARTS) is 1. The smallest absolute Gasteiger partial charge is 0.336 e. The largest absolute Gasteiger partial charge is 0.478 e. The summed E-state index contributed by atoms with van der Waals surface area (Å²) in [7, 11) is 0. The molecule has 1 heterocycles. The Bertz CT molecular complexity index is 450. The molecule has 1 fully saturated rings. The van der Waals surface area contributed by atoms with E-state index in [1.165, 1.54) is 18.2 Å². The minimum absolute atomic E-state index is 0.162. The normalized spacial score (nSPS) is 20.9. The van der Waals surface area contributed by atoms with Crippen molar-refractivity contribution in [2.45, 2.75) is 19.5 Å². The molecule has 0 bridgehead atoms. The highest BCUT2D eigenvalue weighted by Crippen LogP contribution is 2.17. The predicted molar refractivity (Wildman–Crippen MR) is 64.1 cm³/mol. The molecule has 1 atom stereocenters. The van der Waals surface area contributed by atoms with Crippen LogP contribution in [0.3, 0.4) is 0 Å². The molecule has 18 heavy (non-hydrogen) atoms. The minimum atomic E-state index is -1.02. The summed E-state index contributed by atoms with van der Waals surface area (Å²) < 4.78 is 18.5. The summed E-state index contributed by atoms with van der Waals surface area (Å²) in [6.07, 6.45) is 0. The molecule has 0 spiro atoms. The Morgan fingerprint density at radius 2 is 2.39 bits per heavy atom. The van der Waals surface area contributed by atoms with Crippen molar-refractivity contribution in [1.29, 1.82) is 0 Å². The third kappa shape index (κ3) is 2.86. The van der Waals surface area contributed by atoms with E-state index in [1.807, 2.05) is 6.92 Å². The van der Waals surface area contributed by atoms with E-state index in [1.54, 1.807) is 0 Å². The topological polar surface area (TPSA) is 49.8 Å². The van der Waals surface area contributed by atoms with E-state index in [-0.39, 0.29) is 11.6 Å². The zero-order valence-corrected chi connectivity index (χ0v) is 10.2. The number of halogens is 1. The summed E-state index contributed by atoms with van der Waals surface area (Å²) in [5.41, 5.74) is 0.673. The van der Waals surface area contributed by atoms with Gasteiger partial charge < -0.3 is 9.84 Å². The molecule has 1 aromatic rings.